The van der Waals surface area contributed by atoms with E-state index in [0.717, 1.165) is 29.9 Å². The van der Waals surface area contributed by atoms with Gasteiger partial charge >= 0.3 is 0 Å². The van der Waals surface area contributed by atoms with Gasteiger partial charge in [-0.2, -0.15) is 0 Å². The Labute approximate surface area is 76.5 Å². The van der Waals surface area contributed by atoms with E-state index in [4.69, 9.17) is 10.5 Å². The molecular weight excluding hydrogens is 169 g/mol. The first-order valence-corrected chi connectivity index (χ1v) is 4.38. The van der Waals surface area contributed by atoms with Crippen molar-refractivity contribution in [2.75, 3.05) is 13.3 Å². The molecule has 0 spiro atoms. The maximum absolute atomic E-state index is 12.3. The standard InChI is InChI=1S/C10H12FNO/c11-6-9(12)7-1-2-10-8(5-7)3-4-13-10/h1-2,5,9H,3-4,6,12H2. The maximum atomic E-state index is 12.3. The molecule has 1 aliphatic rings. The average molecular weight is 181 g/mol. The van der Waals surface area contributed by atoms with Crippen LogP contribution in [0.2, 0.25) is 0 Å². The van der Waals surface area contributed by atoms with Crippen molar-refractivity contribution < 1.29 is 9.13 Å². The number of benzene rings is 1. The number of fused-ring (bicyclic) bond motifs is 1. The van der Waals surface area contributed by atoms with Gasteiger partial charge < -0.3 is 10.5 Å². The van der Waals surface area contributed by atoms with Crippen LogP contribution in [0.4, 0.5) is 4.39 Å². The van der Waals surface area contributed by atoms with Crippen molar-refractivity contribution in [1.82, 2.24) is 0 Å². The summed E-state index contributed by atoms with van der Waals surface area (Å²) in [7, 11) is 0. The summed E-state index contributed by atoms with van der Waals surface area (Å²) in [5.41, 5.74) is 7.57. The van der Waals surface area contributed by atoms with Crippen molar-refractivity contribution in [1.29, 1.82) is 0 Å². The first-order valence-electron chi connectivity index (χ1n) is 4.38. The molecule has 1 unspecified atom stereocenters. The molecule has 1 aliphatic heterocycles. The third-order valence-corrected chi connectivity index (χ3v) is 2.31. The Kier molecular flexibility index (Phi) is 2.19. The Hall–Kier alpha value is -1.09. The summed E-state index contributed by atoms with van der Waals surface area (Å²) in [5.74, 6) is 0.912. The van der Waals surface area contributed by atoms with Crippen LogP contribution in [0.3, 0.4) is 0 Å². The second kappa shape index (κ2) is 3.34. The lowest BCUT2D eigenvalue weighted by Gasteiger charge is -2.08. The van der Waals surface area contributed by atoms with E-state index in [1.54, 1.807) is 0 Å². The van der Waals surface area contributed by atoms with Crippen molar-refractivity contribution in [3.63, 3.8) is 0 Å². The first-order chi connectivity index (χ1) is 6.31. The highest BCUT2D eigenvalue weighted by Crippen LogP contribution is 2.27. The molecule has 0 aromatic heterocycles. The molecule has 70 valence electrons. The number of halogens is 1. The third-order valence-electron chi connectivity index (χ3n) is 2.31. The van der Waals surface area contributed by atoms with Crippen LogP contribution < -0.4 is 10.5 Å². The molecule has 1 aromatic carbocycles. The maximum Gasteiger partial charge on any atom is 0.122 e. The Morgan fingerprint density at radius 2 is 2.38 bits per heavy atom. The number of ether oxygens (including phenoxy) is 1. The predicted octanol–water partition coefficient (Wildman–Crippen LogP) is 1.59. The highest BCUT2D eigenvalue weighted by Gasteiger charge is 2.14. The highest BCUT2D eigenvalue weighted by atomic mass is 19.1. The Bertz CT molecular complexity index is 314. The second-order valence-corrected chi connectivity index (χ2v) is 3.23. The summed E-state index contributed by atoms with van der Waals surface area (Å²) in [6.45, 7) is 0.212. The zero-order chi connectivity index (χ0) is 9.26. The molecule has 0 bridgehead atoms. The van der Waals surface area contributed by atoms with E-state index in [-0.39, 0.29) is 0 Å². The van der Waals surface area contributed by atoms with Crippen LogP contribution in [0.5, 0.6) is 5.75 Å². The van der Waals surface area contributed by atoms with E-state index >= 15 is 0 Å². The zero-order valence-corrected chi connectivity index (χ0v) is 7.29. The molecule has 1 atom stereocenters. The molecule has 1 aromatic rings. The molecule has 0 saturated carbocycles. The molecule has 0 amide bonds. The van der Waals surface area contributed by atoms with Gasteiger partial charge in [0.25, 0.3) is 0 Å². The van der Waals surface area contributed by atoms with Gasteiger partial charge in [0.15, 0.2) is 0 Å². The van der Waals surface area contributed by atoms with Gasteiger partial charge in [-0.15, -0.1) is 0 Å². The fourth-order valence-corrected chi connectivity index (χ4v) is 1.53. The number of nitrogens with two attached hydrogens (primary N) is 1. The number of rotatable bonds is 2. The van der Waals surface area contributed by atoms with Crippen molar-refractivity contribution in [3.05, 3.63) is 29.3 Å². The van der Waals surface area contributed by atoms with Crippen LogP contribution in [0.15, 0.2) is 18.2 Å². The van der Waals surface area contributed by atoms with E-state index in [0.29, 0.717) is 0 Å². The summed E-state index contributed by atoms with van der Waals surface area (Å²) in [6, 6.07) is 5.14. The topological polar surface area (TPSA) is 35.2 Å². The summed E-state index contributed by atoms with van der Waals surface area (Å²) < 4.78 is 17.6. The van der Waals surface area contributed by atoms with Crippen molar-refractivity contribution in [3.8, 4) is 5.75 Å². The smallest absolute Gasteiger partial charge is 0.122 e. The van der Waals surface area contributed by atoms with Crippen LogP contribution in [-0.2, 0) is 6.42 Å². The Morgan fingerprint density at radius 1 is 1.54 bits per heavy atom. The number of hydrogen-bond donors (Lipinski definition) is 1. The SMILES string of the molecule is NC(CF)c1ccc2c(c1)CCO2. The van der Waals surface area contributed by atoms with Gasteiger partial charge in [0.2, 0.25) is 0 Å². The number of alkyl halides is 1. The summed E-state index contributed by atoms with van der Waals surface area (Å²) in [5, 5.41) is 0. The van der Waals surface area contributed by atoms with E-state index in [2.05, 4.69) is 0 Å². The highest BCUT2D eigenvalue weighted by molar-refractivity contribution is 5.40. The van der Waals surface area contributed by atoms with Crippen molar-refractivity contribution >= 4 is 0 Å². The fraction of sp³-hybridized carbons (Fsp3) is 0.400. The van der Waals surface area contributed by atoms with Crippen LogP contribution in [-0.4, -0.2) is 13.3 Å². The molecule has 3 heteroatoms. The largest absolute Gasteiger partial charge is 0.493 e. The average Bonchev–Trinajstić information content (AvgIpc) is 2.63. The van der Waals surface area contributed by atoms with Gasteiger partial charge in [0, 0.05) is 6.42 Å². The van der Waals surface area contributed by atoms with Crippen molar-refractivity contribution in [2.45, 2.75) is 12.5 Å². The molecule has 0 fully saturated rings. The summed E-state index contributed by atoms with van der Waals surface area (Å²) >= 11 is 0. The van der Waals surface area contributed by atoms with E-state index in [1.165, 1.54) is 0 Å². The van der Waals surface area contributed by atoms with E-state index in [9.17, 15) is 4.39 Å². The molecule has 0 aliphatic carbocycles. The molecule has 2 rings (SSSR count). The minimum atomic E-state index is -0.514. The lowest BCUT2D eigenvalue weighted by Crippen LogP contribution is -2.12. The Morgan fingerprint density at radius 3 is 3.15 bits per heavy atom. The first kappa shape index (κ1) is 8.51. The number of hydrogen-bond acceptors (Lipinski definition) is 2. The minimum absolute atomic E-state index is 0.495. The van der Waals surface area contributed by atoms with Gasteiger partial charge in [-0.3, -0.25) is 0 Å². The van der Waals surface area contributed by atoms with E-state index in [1.807, 2.05) is 18.2 Å². The van der Waals surface area contributed by atoms with E-state index < -0.39 is 12.7 Å². The van der Waals surface area contributed by atoms with Crippen LogP contribution >= 0.6 is 0 Å². The van der Waals surface area contributed by atoms with Gasteiger partial charge in [-0.05, 0) is 17.2 Å². The van der Waals surface area contributed by atoms with Gasteiger partial charge in [0.05, 0.1) is 12.6 Å². The van der Waals surface area contributed by atoms with Crippen LogP contribution in [0.1, 0.15) is 17.2 Å². The summed E-state index contributed by atoms with van der Waals surface area (Å²) in [4.78, 5) is 0. The molecule has 0 saturated heterocycles. The monoisotopic (exact) mass is 181 g/mol. The fourth-order valence-electron chi connectivity index (χ4n) is 1.53. The minimum Gasteiger partial charge on any atom is -0.493 e. The third kappa shape index (κ3) is 1.52. The van der Waals surface area contributed by atoms with Gasteiger partial charge in [-0.1, -0.05) is 12.1 Å². The molecule has 2 nitrogen and oxygen atoms in total. The molecule has 1 heterocycles. The normalized spacial score (nSPS) is 16.5. The van der Waals surface area contributed by atoms with Crippen LogP contribution in [0.25, 0.3) is 0 Å². The lowest BCUT2D eigenvalue weighted by atomic mass is 10.0. The predicted molar refractivity (Wildman–Crippen MR) is 48.5 cm³/mol. The zero-order valence-electron chi connectivity index (χ0n) is 7.29. The van der Waals surface area contributed by atoms with Crippen molar-refractivity contribution in [2.24, 2.45) is 5.73 Å². The molecular formula is C10H12FNO. The molecule has 2 N–H and O–H groups in total. The molecule has 13 heavy (non-hydrogen) atoms. The second-order valence-electron chi connectivity index (χ2n) is 3.23. The summed E-state index contributed by atoms with van der Waals surface area (Å²) in [6.07, 6.45) is 0.905. The van der Waals surface area contributed by atoms with Gasteiger partial charge in [-0.25, -0.2) is 4.39 Å². The van der Waals surface area contributed by atoms with Crippen LogP contribution in [0, 0.1) is 0 Å². The van der Waals surface area contributed by atoms with Gasteiger partial charge in [0.1, 0.15) is 12.4 Å². The quantitative estimate of drug-likeness (QED) is 0.752. The lowest BCUT2D eigenvalue weighted by molar-refractivity contribution is 0.356. The molecule has 0 radical (unpaired) electrons. The Balaban J connectivity index is 2.30.